The minimum atomic E-state index is -1.12. The zero-order valence-electron chi connectivity index (χ0n) is 12.4. The number of nitrogens with zero attached hydrogens (tertiary/aromatic N) is 1. The van der Waals surface area contributed by atoms with E-state index >= 15 is 0 Å². The van der Waals surface area contributed by atoms with Gasteiger partial charge < -0.3 is 9.67 Å². The molecule has 2 heterocycles. The Morgan fingerprint density at radius 2 is 2.00 bits per heavy atom. The van der Waals surface area contributed by atoms with Gasteiger partial charge in [0.25, 0.3) is 5.56 Å². The van der Waals surface area contributed by atoms with E-state index in [4.69, 9.17) is 0 Å². The molecule has 0 radical (unpaired) electrons. The molecule has 0 bridgehead atoms. The third-order valence-electron chi connectivity index (χ3n) is 3.15. The van der Waals surface area contributed by atoms with E-state index in [0.717, 1.165) is 10.6 Å². The van der Waals surface area contributed by atoms with Crippen LogP contribution in [-0.2, 0) is 12.1 Å². The first-order valence-electron chi connectivity index (χ1n) is 6.81. The Morgan fingerprint density at radius 1 is 1.30 bits per heavy atom. The third kappa shape index (κ3) is 3.02. The average Bonchev–Trinajstić information content (AvgIpc) is 2.82. The van der Waals surface area contributed by atoms with E-state index in [-0.39, 0.29) is 5.56 Å². The SMILES string of the molecule is CC(C)Cn1c(-c2cccs2)ccc(C(C)(C)O)c1=O. The summed E-state index contributed by atoms with van der Waals surface area (Å²) in [5, 5.41) is 12.1. The van der Waals surface area contributed by atoms with Crippen molar-refractivity contribution in [2.24, 2.45) is 5.92 Å². The second-order valence-electron chi connectivity index (χ2n) is 5.98. The van der Waals surface area contributed by atoms with E-state index in [2.05, 4.69) is 13.8 Å². The molecule has 0 aliphatic rings. The standard InChI is InChI=1S/C16H21NO2S/c1-11(2)10-17-13(14-6-5-9-20-14)8-7-12(15(17)18)16(3,4)19/h5-9,11,19H,10H2,1-4H3. The van der Waals surface area contributed by atoms with Crippen molar-refractivity contribution < 1.29 is 5.11 Å². The van der Waals surface area contributed by atoms with Crippen molar-refractivity contribution in [1.82, 2.24) is 4.57 Å². The maximum Gasteiger partial charge on any atom is 0.257 e. The van der Waals surface area contributed by atoms with Crippen LogP contribution in [0, 0.1) is 5.92 Å². The van der Waals surface area contributed by atoms with Crippen LogP contribution in [0.5, 0.6) is 0 Å². The van der Waals surface area contributed by atoms with Crippen LogP contribution >= 0.6 is 11.3 Å². The molecule has 2 rings (SSSR count). The number of hydrogen-bond acceptors (Lipinski definition) is 3. The molecule has 0 atom stereocenters. The monoisotopic (exact) mass is 291 g/mol. The van der Waals surface area contributed by atoms with Gasteiger partial charge in [0.05, 0.1) is 16.2 Å². The van der Waals surface area contributed by atoms with Crippen molar-refractivity contribution >= 4 is 11.3 Å². The van der Waals surface area contributed by atoms with Crippen LogP contribution in [0.15, 0.2) is 34.4 Å². The number of thiophene rings is 1. The van der Waals surface area contributed by atoms with E-state index in [1.54, 1.807) is 35.8 Å². The smallest absolute Gasteiger partial charge is 0.257 e. The molecule has 0 fully saturated rings. The predicted molar refractivity (Wildman–Crippen MR) is 84.1 cm³/mol. The molecule has 1 N–H and O–H groups in total. The van der Waals surface area contributed by atoms with Crippen molar-refractivity contribution in [3.05, 3.63) is 45.6 Å². The van der Waals surface area contributed by atoms with Crippen LogP contribution < -0.4 is 5.56 Å². The van der Waals surface area contributed by atoms with Crippen LogP contribution in [0.1, 0.15) is 33.3 Å². The lowest BCUT2D eigenvalue weighted by molar-refractivity contribution is 0.0764. The molecule has 4 heteroatoms. The third-order valence-corrected chi connectivity index (χ3v) is 4.05. The van der Waals surface area contributed by atoms with Crippen LogP contribution in [0.3, 0.4) is 0 Å². The first-order chi connectivity index (χ1) is 9.30. The molecule has 0 saturated carbocycles. The maximum atomic E-state index is 12.7. The average molecular weight is 291 g/mol. The quantitative estimate of drug-likeness (QED) is 0.937. The molecule has 2 aromatic rings. The Morgan fingerprint density at radius 3 is 2.50 bits per heavy atom. The lowest BCUT2D eigenvalue weighted by Gasteiger charge is -2.21. The van der Waals surface area contributed by atoms with E-state index in [1.165, 1.54) is 0 Å². The Hall–Kier alpha value is -1.39. The summed E-state index contributed by atoms with van der Waals surface area (Å²) in [7, 11) is 0. The number of aliphatic hydroxyl groups is 1. The van der Waals surface area contributed by atoms with Crippen molar-refractivity contribution in [2.75, 3.05) is 0 Å². The van der Waals surface area contributed by atoms with Crippen LogP contribution in [0.2, 0.25) is 0 Å². The lowest BCUT2D eigenvalue weighted by atomic mass is 9.99. The maximum absolute atomic E-state index is 12.7. The van der Waals surface area contributed by atoms with Gasteiger partial charge in [0.1, 0.15) is 0 Å². The zero-order valence-corrected chi connectivity index (χ0v) is 13.2. The molecule has 0 amide bonds. The summed E-state index contributed by atoms with van der Waals surface area (Å²) in [5.74, 6) is 0.364. The summed E-state index contributed by atoms with van der Waals surface area (Å²) in [6.07, 6.45) is 0. The van der Waals surface area contributed by atoms with E-state index in [0.29, 0.717) is 18.0 Å². The van der Waals surface area contributed by atoms with Gasteiger partial charge in [0, 0.05) is 12.1 Å². The molecule has 0 aliphatic heterocycles. The number of pyridine rings is 1. The van der Waals surface area contributed by atoms with Gasteiger partial charge in [-0.25, -0.2) is 0 Å². The summed E-state index contributed by atoms with van der Waals surface area (Å²) >= 11 is 1.62. The van der Waals surface area contributed by atoms with Crippen LogP contribution in [0.25, 0.3) is 10.6 Å². The fourth-order valence-corrected chi connectivity index (χ4v) is 2.99. The summed E-state index contributed by atoms with van der Waals surface area (Å²) in [6, 6.07) is 7.67. The molecule has 20 heavy (non-hydrogen) atoms. The molecule has 2 aromatic heterocycles. The van der Waals surface area contributed by atoms with E-state index < -0.39 is 5.60 Å². The highest BCUT2D eigenvalue weighted by molar-refractivity contribution is 7.13. The Labute approximate surface area is 123 Å². The second-order valence-corrected chi connectivity index (χ2v) is 6.93. The predicted octanol–water partition coefficient (Wildman–Crippen LogP) is 3.46. The molecule has 3 nitrogen and oxygen atoms in total. The van der Waals surface area contributed by atoms with E-state index in [1.807, 2.05) is 23.6 Å². The van der Waals surface area contributed by atoms with Crippen LogP contribution in [0.4, 0.5) is 0 Å². The number of aromatic nitrogens is 1. The van der Waals surface area contributed by atoms with Gasteiger partial charge in [-0.15, -0.1) is 11.3 Å². The molecular weight excluding hydrogens is 270 g/mol. The normalized spacial score (nSPS) is 12.1. The fourth-order valence-electron chi connectivity index (χ4n) is 2.23. The van der Waals surface area contributed by atoms with Gasteiger partial charge in [-0.1, -0.05) is 19.9 Å². The van der Waals surface area contributed by atoms with Crippen LogP contribution in [-0.4, -0.2) is 9.67 Å². The summed E-state index contributed by atoms with van der Waals surface area (Å²) in [6.45, 7) is 8.11. The molecular formula is C16H21NO2S. The van der Waals surface area contributed by atoms with E-state index in [9.17, 15) is 9.90 Å². The first kappa shape index (κ1) is 15.0. The highest BCUT2D eigenvalue weighted by Crippen LogP contribution is 2.26. The van der Waals surface area contributed by atoms with Crippen molar-refractivity contribution in [3.63, 3.8) is 0 Å². The first-order valence-corrected chi connectivity index (χ1v) is 7.69. The van der Waals surface area contributed by atoms with Crippen molar-refractivity contribution in [3.8, 4) is 10.6 Å². The van der Waals surface area contributed by atoms with Gasteiger partial charge in [0.2, 0.25) is 0 Å². The highest BCUT2D eigenvalue weighted by Gasteiger charge is 2.22. The Balaban J connectivity index is 2.65. The van der Waals surface area contributed by atoms with Gasteiger partial charge in [-0.2, -0.15) is 0 Å². The lowest BCUT2D eigenvalue weighted by Crippen LogP contribution is -2.33. The van der Waals surface area contributed by atoms with Gasteiger partial charge in [-0.05, 0) is 43.3 Å². The van der Waals surface area contributed by atoms with Crippen molar-refractivity contribution in [1.29, 1.82) is 0 Å². The number of hydrogen-bond donors (Lipinski definition) is 1. The molecule has 0 unspecified atom stereocenters. The Bertz CT molecular complexity index is 633. The van der Waals surface area contributed by atoms with Gasteiger partial charge in [-0.3, -0.25) is 4.79 Å². The topological polar surface area (TPSA) is 42.2 Å². The highest BCUT2D eigenvalue weighted by atomic mass is 32.1. The molecule has 0 aliphatic carbocycles. The van der Waals surface area contributed by atoms with Gasteiger partial charge in [0.15, 0.2) is 0 Å². The van der Waals surface area contributed by atoms with Crippen molar-refractivity contribution in [2.45, 2.75) is 39.8 Å². The largest absolute Gasteiger partial charge is 0.386 e. The minimum absolute atomic E-state index is 0.0999. The molecule has 0 spiro atoms. The molecule has 108 valence electrons. The summed E-state index contributed by atoms with van der Waals surface area (Å²) in [4.78, 5) is 13.7. The fraction of sp³-hybridized carbons (Fsp3) is 0.438. The van der Waals surface area contributed by atoms with Gasteiger partial charge >= 0.3 is 0 Å². The summed E-state index contributed by atoms with van der Waals surface area (Å²) < 4.78 is 1.78. The minimum Gasteiger partial charge on any atom is -0.386 e. The molecule has 0 aromatic carbocycles. The summed E-state index contributed by atoms with van der Waals surface area (Å²) in [5.41, 5.74) is 0.145. The second kappa shape index (κ2) is 5.54. The Kier molecular flexibility index (Phi) is 4.16. The molecule has 0 saturated heterocycles. The number of rotatable bonds is 4. The zero-order chi connectivity index (χ0) is 14.9.